The molecule has 2 aromatic heterocycles. The molecule has 150 valence electrons. The van der Waals surface area contributed by atoms with E-state index in [0.717, 1.165) is 28.7 Å². The predicted molar refractivity (Wildman–Crippen MR) is 114 cm³/mol. The van der Waals surface area contributed by atoms with Crippen molar-refractivity contribution in [1.29, 1.82) is 0 Å². The van der Waals surface area contributed by atoms with Crippen LogP contribution in [-0.2, 0) is 6.54 Å². The minimum Gasteiger partial charge on any atom is -0.497 e. The van der Waals surface area contributed by atoms with Gasteiger partial charge < -0.3 is 10.1 Å². The number of amides is 1. The normalized spacial score (nSPS) is 10.6. The Morgan fingerprint density at radius 2 is 2.03 bits per heavy atom. The topological polar surface area (TPSA) is 94.4 Å². The molecule has 29 heavy (non-hydrogen) atoms. The van der Waals surface area contributed by atoms with Crippen molar-refractivity contribution < 1.29 is 14.5 Å². The lowest BCUT2D eigenvalue weighted by molar-refractivity contribution is -0.387. The maximum atomic E-state index is 12.5. The van der Waals surface area contributed by atoms with Crippen LogP contribution >= 0.6 is 46.3 Å². The third-order valence-electron chi connectivity index (χ3n) is 3.69. The SMILES string of the molecule is COc1cccc(CNC(=O)c2cc([N+](=O)[O-])c(Sc3c(Cl)cncc3Cl)s2)c1. The van der Waals surface area contributed by atoms with Gasteiger partial charge in [-0.1, -0.05) is 47.1 Å². The molecule has 2 heterocycles. The second-order valence-electron chi connectivity index (χ2n) is 5.61. The second-order valence-corrected chi connectivity index (χ2v) is 8.75. The standard InChI is InChI=1S/C18H13Cl2N3O4S2/c1-27-11-4-2-3-10(5-11)7-22-17(24)15-6-14(23(25)26)18(28-15)29-16-12(19)8-21-9-13(16)20/h2-6,8-9H,7H2,1H3,(H,22,24). The van der Waals surface area contributed by atoms with E-state index in [1.807, 2.05) is 12.1 Å². The molecule has 1 amide bonds. The molecule has 0 saturated carbocycles. The zero-order valence-corrected chi connectivity index (χ0v) is 18.0. The number of halogens is 2. The summed E-state index contributed by atoms with van der Waals surface area (Å²) in [6.45, 7) is 0.256. The molecular formula is C18H13Cl2N3O4S2. The van der Waals surface area contributed by atoms with Crippen LogP contribution in [0.25, 0.3) is 0 Å². The van der Waals surface area contributed by atoms with Crippen molar-refractivity contribution in [1.82, 2.24) is 10.3 Å². The van der Waals surface area contributed by atoms with Crippen molar-refractivity contribution in [2.24, 2.45) is 0 Å². The molecule has 0 atom stereocenters. The number of carbonyl (C=O) groups is 1. The fourth-order valence-electron chi connectivity index (χ4n) is 2.32. The molecule has 0 unspecified atom stereocenters. The van der Waals surface area contributed by atoms with Gasteiger partial charge >= 0.3 is 0 Å². The van der Waals surface area contributed by atoms with E-state index in [1.54, 1.807) is 19.2 Å². The quantitative estimate of drug-likeness (QED) is 0.365. The van der Waals surface area contributed by atoms with Crippen LogP contribution in [0.4, 0.5) is 5.69 Å². The van der Waals surface area contributed by atoms with E-state index in [1.165, 1.54) is 18.5 Å². The lowest BCUT2D eigenvalue weighted by Crippen LogP contribution is -2.21. The fourth-order valence-corrected chi connectivity index (χ4v) is 5.10. The molecule has 0 saturated heterocycles. The summed E-state index contributed by atoms with van der Waals surface area (Å²) >= 11 is 14.2. The number of pyridine rings is 1. The fraction of sp³-hybridized carbons (Fsp3) is 0.111. The number of hydrogen-bond acceptors (Lipinski definition) is 7. The highest BCUT2D eigenvalue weighted by atomic mass is 35.5. The van der Waals surface area contributed by atoms with Crippen molar-refractivity contribution in [3.8, 4) is 5.75 Å². The van der Waals surface area contributed by atoms with Gasteiger partial charge in [-0.3, -0.25) is 19.9 Å². The molecule has 0 aliphatic heterocycles. The van der Waals surface area contributed by atoms with Gasteiger partial charge in [0.15, 0.2) is 0 Å². The zero-order valence-electron chi connectivity index (χ0n) is 14.8. The Labute approximate surface area is 184 Å². The van der Waals surface area contributed by atoms with Gasteiger partial charge in [0.25, 0.3) is 11.6 Å². The average Bonchev–Trinajstić information content (AvgIpc) is 3.13. The number of methoxy groups -OCH3 is 1. The van der Waals surface area contributed by atoms with Gasteiger partial charge in [-0.2, -0.15) is 0 Å². The maximum absolute atomic E-state index is 12.5. The van der Waals surface area contributed by atoms with E-state index in [0.29, 0.717) is 14.9 Å². The molecule has 0 radical (unpaired) electrons. The number of hydrogen-bond donors (Lipinski definition) is 1. The van der Waals surface area contributed by atoms with Crippen LogP contribution in [0.5, 0.6) is 5.75 Å². The summed E-state index contributed by atoms with van der Waals surface area (Å²) in [5, 5.41) is 14.7. The number of aromatic nitrogens is 1. The Kier molecular flexibility index (Phi) is 6.96. The van der Waals surface area contributed by atoms with Crippen LogP contribution in [0.2, 0.25) is 10.0 Å². The third-order valence-corrected chi connectivity index (χ3v) is 6.95. The smallest absolute Gasteiger partial charge is 0.294 e. The van der Waals surface area contributed by atoms with Gasteiger partial charge in [-0.15, -0.1) is 11.3 Å². The number of nitrogens with one attached hydrogen (secondary N) is 1. The van der Waals surface area contributed by atoms with E-state index in [9.17, 15) is 14.9 Å². The number of carbonyl (C=O) groups excluding carboxylic acids is 1. The maximum Gasteiger partial charge on any atom is 0.294 e. The van der Waals surface area contributed by atoms with E-state index >= 15 is 0 Å². The Balaban J connectivity index is 1.80. The number of rotatable bonds is 7. The van der Waals surface area contributed by atoms with Crippen LogP contribution in [0.15, 0.2) is 51.8 Å². The molecule has 0 aliphatic carbocycles. The molecule has 0 fully saturated rings. The van der Waals surface area contributed by atoms with Crippen LogP contribution in [0.3, 0.4) is 0 Å². The summed E-state index contributed by atoms with van der Waals surface area (Å²) in [5.74, 6) is 0.257. The minimum absolute atomic E-state index is 0.185. The monoisotopic (exact) mass is 469 g/mol. The highest BCUT2D eigenvalue weighted by molar-refractivity contribution is 8.01. The molecule has 1 aromatic carbocycles. The molecule has 0 spiro atoms. The van der Waals surface area contributed by atoms with Crippen LogP contribution in [-0.4, -0.2) is 22.9 Å². The van der Waals surface area contributed by atoms with E-state index < -0.39 is 10.8 Å². The second kappa shape index (κ2) is 9.45. The summed E-state index contributed by atoms with van der Waals surface area (Å²) in [7, 11) is 1.56. The number of benzene rings is 1. The van der Waals surface area contributed by atoms with Gasteiger partial charge in [0.05, 0.1) is 27.0 Å². The first kappa shape index (κ1) is 21.4. The lowest BCUT2D eigenvalue weighted by Gasteiger charge is -2.06. The van der Waals surface area contributed by atoms with E-state index in [2.05, 4.69) is 10.3 Å². The first-order chi connectivity index (χ1) is 13.9. The Hall–Kier alpha value is -2.33. The Morgan fingerprint density at radius 1 is 1.31 bits per heavy atom. The zero-order chi connectivity index (χ0) is 21.0. The van der Waals surface area contributed by atoms with E-state index in [-0.39, 0.29) is 27.2 Å². The highest BCUT2D eigenvalue weighted by Gasteiger charge is 2.24. The van der Waals surface area contributed by atoms with Gasteiger partial charge in [0.1, 0.15) is 14.8 Å². The molecule has 7 nitrogen and oxygen atoms in total. The number of nitrogens with zero attached hydrogens (tertiary/aromatic N) is 2. The first-order valence-corrected chi connectivity index (χ1v) is 10.4. The van der Waals surface area contributed by atoms with Crippen molar-refractivity contribution in [2.45, 2.75) is 15.6 Å². The molecule has 1 N–H and O–H groups in total. The summed E-state index contributed by atoms with van der Waals surface area (Å²) < 4.78 is 5.46. The van der Waals surface area contributed by atoms with E-state index in [4.69, 9.17) is 27.9 Å². The summed E-state index contributed by atoms with van der Waals surface area (Å²) in [5.41, 5.74) is 0.657. The first-order valence-electron chi connectivity index (χ1n) is 8.05. The molecular weight excluding hydrogens is 457 g/mol. The number of ether oxygens (including phenoxy) is 1. The van der Waals surface area contributed by atoms with Crippen molar-refractivity contribution in [3.63, 3.8) is 0 Å². The number of nitro groups is 1. The summed E-state index contributed by atoms with van der Waals surface area (Å²) in [6, 6.07) is 8.50. The Bertz CT molecular complexity index is 1050. The van der Waals surface area contributed by atoms with Crippen LogP contribution in [0.1, 0.15) is 15.2 Å². The van der Waals surface area contributed by atoms with Crippen molar-refractivity contribution in [3.05, 3.63) is 73.3 Å². The predicted octanol–water partition coefficient (Wildman–Crippen LogP) is 5.45. The van der Waals surface area contributed by atoms with Gasteiger partial charge in [0.2, 0.25) is 0 Å². The van der Waals surface area contributed by atoms with Gasteiger partial charge in [-0.05, 0) is 17.7 Å². The summed E-state index contributed by atoms with van der Waals surface area (Å²) in [4.78, 5) is 27.9. The molecule has 0 bridgehead atoms. The number of thiophene rings is 1. The van der Waals surface area contributed by atoms with Crippen molar-refractivity contribution in [2.75, 3.05) is 7.11 Å². The highest BCUT2D eigenvalue weighted by Crippen LogP contribution is 2.45. The average molecular weight is 470 g/mol. The molecule has 3 rings (SSSR count). The van der Waals surface area contributed by atoms with Gasteiger partial charge in [-0.25, -0.2) is 0 Å². The van der Waals surface area contributed by atoms with Crippen LogP contribution in [0, 0.1) is 10.1 Å². The minimum atomic E-state index is -0.541. The lowest BCUT2D eigenvalue weighted by atomic mass is 10.2. The molecule has 0 aliphatic rings. The van der Waals surface area contributed by atoms with Crippen LogP contribution < -0.4 is 10.1 Å². The molecule has 11 heteroatoms. The third kappa shape index (κ3) is 5.18. The van der Waals surface area contributed by atoms with Crippen molar-refractivity contribution >= 4 is 57.9 Å². The largest absolute Gasteiger partial charge is 0.497 e. The molecule has 3 aromatic rings. The Morgan fingerprint density at radius 3 is 2.69 bits per heavy atom. The van der Waals surface area contributed by atoms with Gasteiger partial charge in [0, 0.05) is 25.0 Å². The summed E-state index contributed by atoms with van der Waals surface area (Å²) in [6.07, 6.45) is 2.80.